The predicted octanol–water partition coefficient (Wildman–Crippen LogP) is 3.74. The van der Waals surface area contributed by atoms with Crippen LogP contribution in [0.25, 0.3) is 5.57 Å². The summed E-state index contributed by atoms with van der Waals surface area (Å²) in [6, 6.07) is 14.2. The number of amides is 2. The smallest absolute Gasteiger partial charge is 0.282 e. The number of morpholine rings is 1. The topological polar surface area (TPSA) is 59.1 Å². The Morgan fingerprint density at radius 3 is 2.27 bits per heavy atom. The Kier molecular flexibility index (Phi) is 5.54. The molecule has 1 saturated heterocycles. The number of carbonyl (C=O) groups is 2. The number of carbonyl (C=O) groups excluding carboxylic acids is 2. The highest BCUT2D eigenvalue weighted by molar-refractivity contribution is 6.45. The zero-order valence-corrected chi connectivity index (χ0v) is 17.8. The van der Waals surface area contributed by atoms with Gasteiger partial charge in [-0.15, -0.1) is 0 Å². The summed E-state index contributed by atoms with van der Waals surface area (Å²) in [5.41, 5.74) is 1.92. The lowest BCUT2D eigenvalue weighted by atomic mass is 10.0. The van der Waals surface area contributed by atoms with E-state index in [4.69, 9.17) is 21.1 Å². The van der Waals surface area contributed by atoms with Gasteiger partial charge in [0, 0.05) is 13.1 Å². The number of methoxy groups -OCH3 is 1. The molecule has 6 nitrogen and oxygen atoms in total. The van der Waals surface area contributed by atoms with Gasteiger partial charge in [-0.25, -0.2) is 4.90 Å². The van der Waals surface area contributed by atoms with Gasteiger partial charge in [-0.1, -0.05) is 41.9 Å². The first-order chi connectivity index (χ1) is 14.4. The van der Waals surface area contributed by atoms with Gasteiger partial charge in [0.2, 0.25) is 0 Å². The molecule has 2 aromatic carbocycles. The molecule has 2 unspecified atom stereocenters. The average molecular weight is 427 g/mol. The van der Waals surface area contributed by atoms with Gasteiger partial charge < -0.3 is 14.4 Å². The second kappa shape index (κ2) is 8.13. The molecule has 4 rings (SSSR count). The largest absolute Gasteiger partial charge is 0.495 e. The van der Waals surface area contributed by atoms with E-state index in [-0.39, 0.29) is 24.0 Å². The summed E-state index contributed by atoms with van der Waals surface area (Å²) < 4.78 is 11.0. The van der Waals surface area contributed by atoms with Crippen LogP contribution in [0.2, 0.25) is 5.02 Å². The summed E-state index contributed by atoms with van der Waals surface area (Å²) in [5, 5.41) is 0.332. The third-order valence-corrected chi connectivity index (χ3v) is 5.55. The minimum atomic E-state index is -0.366. The molecule has 2 amide bonds. The third kappa shape index (κ3) is 3.57. The van der Waals surface area contributed by atoms with Crippen molar-refractivity contribution in [1.82, 2.24) is 4.90 Å². The van der Waals surface area contributed by atoms with Crippen LogP contribution in [0.5, 0.6) is 5.75 Å². The highest BCUT2D eigenvalue weighted by Gasteiger charge is 2.44. The van der Waals surface area contributed by atoms with Crippen LogP contribution in [0, 0.1) is 0 Å². The molecule has 30 heavy (non-hydrogen) atoms. The van der Waals surface area contributed by atoms with Crippen LogP contribution in [0.3, 0.4) is 0 Å². The Balaban J connectivity index is 1.81. The van der Waals surface area contributed by atoms with Gasteiger partial charge in [0.05, 0.1) is 35.6 Å². The standard InChI is InChI=1S/C23H23ClN2O4/c1-14-12-25(13-15(2)30-14)21-20(16-7-5-4-6-8-16)22(27)26(23(21)28)17-9-10-19(29-3)18(24)11-17/h4-11,14-15H,12-13H2,1-3H3. The van der Waals surface area contributed by atoms with E-state index in [1.807, 2.05) is 49.1 Å². The number of benzene rings is 2. The summed E-state index contributed by atoms with van der Waals surface area (Å²) in [7, 11) is 1.51. The maximum Gasteiger partial charge on any atom is 0.282 e. The number of rotatable bonds is 4. The SMILES string of the molecule is COc1ccc(N2C(=O)C(c3ccccc3)=C(N3CC(C)OC(C)C3)C2=O)cc1Cl. The number of imide groups is 1. The number of hydrogen-bond donors (Lipinski definition) is 0. The fourth-order valence-electron chi connectivity index (χ4n) is 4.07. The van der Waals surface area contributed by atoms with Gasteiger partial charge in [0.25, 0.3) is 11.8 Å². The molecule has 2 aliphatic heterocycles. The lowest BCUT2D eigenvalue weighted by molar-refractivity contribution is -0.121. The van der Waals surface area contributed by atoms with Crippen molar-refractivity contribution < 1.29 is 19.1 Å². The van der Waals surface area contributed by atoms with E-state index in [1.54, 1.807) is 18.2 Å². The monoisotopic (exact) mass is 426 g/mol. The molecule has 0 radical (unpaired) electrons. The van der Waals surface area contributed by atoms with Gasteiger partial charge in [0.15, 0.2) is 0 Å². The lowest BCUT2D eigenvalue weighted by Gasteiger charge is -2.37. The number of halogens is 1. The molecule has 0 N–H and O–H groups in total. The first-order valence-electron chi connectivity index (χ1n) is 9.83. The van der Waals surface area contributed by atoms with Crippen LogP contribution >= 0.6 is 11.6 Å². The third-order valence-electron chi connectivity index (χ3n) is 5.25. The van der Waals surface area contributed by atoms with E-state index in [0.29, 0.717) is 46.4 Å². The maximum absolute atomic E-state index is 13.6. The molecule has 7 heteroatoms. The van der Waals surface area contributed by atoms with Gasteiger partial charge in [0.1, 0.15) is 11.4 Å². The molecule has 2 aliphatic rings. The van der Waals surface area contributed by atoms with Crippen molar-refractivity contribution in [1.29, 1.82) is 0 Å². The average Bonchev–Trinajstić information content (AvgIpc) is 2.98. The molecule has 0 spiro atoms. The van der Waals surface area contributed by atoms with Crippen LogP contribution < -0.4 is 9.64 Å². The van der Waals surface area contributed by atoms with Crippen LogP contribution in [0.1, 0.15) is 19.4 Å². The number of nitrogens with zero attached hydrogens (tertiary/aromatic N) is 2. The van der Waals surface area contributed by atoms with Crippen LogP contribution in [-0.2, 0) is 14.3 Å². The molecular formula is C23H23ClN2O4. The molecule has 2 atom stereocenters. The fourth-order valence-corrected chi connectivity index (χ4v) is 4.32. The molecule has 0 aromatic heterocycles. The Bertz CT molecular complexity index is 1010. The molecule has 0 bridgehead atoms. The molecule has 2 aromatic rings. The first-order valence-corrected chi connectivity index (χ1v) is 10.2. The van der Waals surface area contributed by atoms with Crippen molar-refractivity contribution in [2.75, 3.05) is 25.1 Å². The van der Waals surface area contributed by atoms with Crippen molar-refractivity contribution in [2.45, 2.75) is 26.1 Å². The highest BCUT2D eigenvalue weighted by Crippen LogP contribution is 2.38. The van der Waals surface area contributed by atoms with E-state index in [2.05, 4.69) is 0 Å². The number of ether oxygens (including phenoxy) is 2. The van der Waals surface area contributed by atoms with E-state index < -0.39 is 0 Å². The minimum absolute atomic E-state index is 0.0503. The van der Waals surface area contributed by atoms with Crippen LogP contribution in [-0.4, -0.2) is 49.1 Å². The van der Waals surface area contributed by atoms with Crippen molar-refractivity contribution in [3.8, 4) is 5.75 Å². The molecule has 156 valence electrons. The minimum Gasteiger partial charge on any atom is -0.495 e. The van der Waals surface area contributed by atoms with Crippen LogP contribution in [0.4, 0.5) is 5.69 Å². The summed E-state index contributed by atoms with van der Waals surface area (Å²) in [4.78, 5) is 30.2. The molecule has 1 fully saturated rings. The second-order valence-corrected chi connectivity index (χ2v) is 7.92. The van der Waals surface area contributed by atoms with E-state index in [0.717, 1.165) is 0 Å². The van der Waals surface area contributed by atoms with E-state index >= 15 is 0 Å². The van der Waals surface area contributed by atoms with Gasteiger partial charge in [-0.05, 0) is 37.6 Å². The molecule has 0 saturated carbocycles. The Morgan fingerprint density at radius 1 is 1.00 bits per heavy atom. The maximum atomic E-state index is 13.6. The summed E-state index contributed by atoms with van der Waals surface area (Å²) in [5.74, 6) is -0.248. The zero-order valence-electron chi connectivity index (χ0n) is 17.1. The summed E-state index contributed by atoms with van der Waals surface area (Å²) in [6.07, 6.45) is -0.101. The quantitative estimate of drug-likeness (QED) is 0.697. The van der Waals surface area contributed by atoms with Crippen molar-refractivity contribution in [2.24, 2.45) is 0 Å². The highest BCUT2D eigenvalue weighted by atomic mass is 35.5. The first kappa shape index (κ1) is 20.4. The Labute approximate surface area is 180 Å². The summed E-state index contributed by atoms with van der Waals surface area (Å²) in [6.45, 7) is 5.00. The Morgan fingerprint density at radius 2 is 1.67 bits per heavy atom. The fraction of sp³-hybridized carbons (Fsp3) is 0.304. The van der Waals surface area contributed by atoms with E-state index in [9.17, 15) is 9.59 Å². The van der Waals surface area contributed by atoms with Gasteiger partial charge in [-0.2, -0.15) is 0 Å². The van der Waals surface area contributed by atoms with Crippen molar-refractivity contribution in [3.63, 3.8) is 0 Å². The van der Waals surface area contributed by atoms with Gasteiger partial charge >= 0.3 is 0 Å². The van der Waals surface area contributed by atoms with Crippen molar-refractivity contribution >= 4 is 34.7 Å². The number of hydrogen-bond acceptors (Lipinski definition) is 5. The lowest BCUT2D eigenvalue weighted by Crippen LogP contribution is -2.47. The Hall–Kier alpha value is -2.83. The molecule has 2 heterocycles. The van der Waals surface area contributed by atoms with E-state index in [1.165, 1.54) is 12.0 Å². The summed E-state index contributed by atoms with van der Waals surface area (Å²) >= 11 is 6.27. The van der Waals surface area contributed by atoms with Gasteiger partial charge in [-0.3, -0.25) is 9.59 Å². The molecular weight excluding hydrogens is 404 g/mol. The zero-order chi connectivity index (χ0) is 21.4. The van der Waals surface area contributed by atoms with Crippen molar-refractivity contribution in [3.05, 3.63) is 64.8 Å². The second-order valence-electron chi connectivity index (χ2n) is 7.52. The van der Waals surface area contributed by atoms with Crippen LogP contribution in [0.15, 0.2) is 54.2 Å². The predicted molar refractivity (Wildman–Crippen MR) is 115 cm³/mol. The number of anilines is 1. The molecule has 0 aliphatic carbocycles. The normalized spacial score (nSPS) is 22.1.